The van der Waals surface area contributed by atoms with Crippen LogP contribution in [-0.2, 0) is 14.3 Å². The van der Waals surface area contributed by atoms with Gasteiger partial charge >= 0.3 is 5.97 Å². The summed E-state index contributed by atoms with van der Waals surface area (Å²) in [6.45, 7) is 3.18. The third-order valence-electron chi connectivity index (χ3n) is 2.14. The molecule has 0 aromatic carbocycles. The molecule has 0 saturated carbocycles. The van der Waals surface area contributed by atoms with Crippen molar-refractivity contribution >= 4 is 5.97 Å². The first-order valence-corrected chi connectivity index (χ1v) is 4.75. The molecule has 0 spiro atoms. The second-order valence-electron chi connectivity index (χ2n) is 3.35. The van der Waals surface area contributed by atoms with E-state index in [-0.39, 0.29) is 18.1 Å². The van der Waals surface area contributed by atoms with Crippen LogP contribution in [0.15, 0.2) is 0 Å². The van der Waals surface area contributed by atoms with Crippen LogP contribution in [0.3, 0.4) is 0 Å². The molecule has 0 amide bonds. The predicted octanol–water partition coefficient (Wildman–Crippen LogP) is 0.446. The first-order valence-electron chi connectivity index (χ1n) is 4.75. The molecular formula is C9H17NO3. The molecule has 1 aliphatic heterocycles. The smallest absolute Gasteiger partial charge is 0.307 e. The Morgan fingerprint density at radius 1 is 1.77 bits per heavy atom. The topological polar surface area (TPSA) is 61.6 Å². The second-order valence-corrected chi connectivity index (χ2v) is 3.35. The number of rotatable bonds is 4. The maximum Gasteiger partial charge on any atom is 0.307 e. The van der Waals surface area contributed by atoms with Crippen LogP contribution in [0.25, 0.3) is 0 Å². The number of nitrogens with two attached hydrogens (primary N) is 1. The van der Waals surface area contributed by atoms with E-state index in [1.165, 1.54) is 0 Å². The second kappa shape index (κ2) is 5.19. The molecule has 13 heavy (non-hydrogen) atoms. The van der Waals surface area contributed by atoms with Gasteiger partial charge in [0.15, 0.2) is 0 Å². The molecule has 1 fully saturated rings. The van der Waals surface area contributed by atoms with E-state index in [1.807, 2.05) is 6.92 Å². The first-order chi connectivity index (χ1) is 6.22. The maximum atomic E-state index is 11.2. The molecule has 0 aliphatic carbocycles. The van der Waals surface area contributed by atoms with Gasteiger partial charge in [-0.3, -0.25) is 4.79 Å². The maximum absolute atomic E-state index is 11.2. The van der Waals surface area contributed by atoms with Gasteiger partial charge in [0.2, 0.25) is 0 Å². The SMILES string of the molecule is CCC(N)CC(=O)OC1CCOC1. The van der Waals surface area contributed by atoms with Crippen molar-refractivity contribution in [2.45, 2.75) is 38.3 Å². The van der Waals surface area contributed by atoms with Crippen LogP contribution in [0, 0.1) is 0 Å². The zero-order valence-corrected chi connectivity index (χ0v) is 7.99. The van der Waals surface area contributed by atoms with E-state index >= 15 is 0 Å². The molecule has 76 valence electrons. The van der Waals surface area contributed by atoms with Gasteiger partial charge in [-0.2, -0.15) is 0 Å². The Hall–Kier alpha value is -0.610. The van der Waals surface area contributed by atoms with Crippen LogP contribution in [0.1, 0.15) is 26.2 Å². The monoisotopic (exact) mass is 187 g/mol. The summed E-state index contributed by atoms with van der Waals surface area (Å²) in [5, 5.41) is 0. The molecule has 2 N–H and O–H groups in total. The number of carbonyl (C=O) groups excluding carboxylic acids is 1. The van der Waals surface area contributed by atoms with Gasteiger partial charge in [-0.05, 0) is 6.42 Å². The zero-order chi connectivity index (χ0) is 9.68. The van der Waals surface area contributed by atoms with E-state index in [0.717, 1.165) is 12.8 Å². The lowest BCUT2D eigenvalue weighted by Gasteiger charge is -2.12. The molecule has 0 radical (unpaired) electrons. The third-order valence-corrected chi connectivity index (χ3v) is 2.14. The number of carbonyl (C=O) groups is 1. The summed E-state index contributed by atoms with van der Waals surface area (Å²) in [5.41, 5.74) is 5.62. The van der Waals surface area contributed by atoms with Crippen LogP contribution in [-0.4, -0.2) is 31.3 Å². The predicted molar refractivity (Wildman–Crippen MR) is 48.2 cm³/mol. The fourth-order valence-corrected chi connectivity index (χ4v) is 1.20. The van der Waals surface area contributed by atoms with Crippen molar-refractivity contribution in [2.24, 2.45) is 5.73 Å². The molecule has 0 aromatic rings. The highest BCUT2D eigenvalue weighted by atomic mass is 16.6. The third kappa shape index (κ3) is 3.74. The molecule has 2 unspecified atom stereocenters. The lowest BCUT2D eigenvalue weighted by molar-refractivity contribution is -0.149. The van der Waals surface area contributed by atoms with E-state index in [9.17, 15) is 4.79 Å². The summed E-state index contributed by atoms with van der Waals surface area (Å²) in [5.74, 6) is -0.204. The minimum atomic E-state index is -0.204. The summed E-state index contributed by atoms with van der Waals surface area (Å²) in [6, 6.07) is -0.0742. The molecular weight excluding hydrogens is 170 g/mol. The molecule has 1 saturated heterocycles. The van der Waals surface area contributed by atoms with E-state index in [0.29, 0.717) is 19.6 Å². The van der Waals surface area contributed by atoms with Gasteiger partial charge in [0.1, 0.15) is 6.10 Å². The van der Waals surface area contributed by atoms with Crippen LogP contribution in [0.4, 0.5) is 0 Å². The Morgan fingerprint density at radius 2 is 2.54 bits per heavy atom. The molecule has 2 atom stereocenters. The Morgan fingerprint density at radius 3 is 3.08 bits per heavy atom. The first kappa shape index (κ1) is 10.5. The molecule has 0 aromatic heterocycles. The fourth-order valence-electron chi connectivity index (χ4n) is 1.20. The van der Waals surface area contributed by atoms with Gasteiger partial charge < -0.3 is 15.2 Å². The molecule has 1 rings (SSSR count). The minimum absolute atomic E-state index is 0.0449. The van der Waals surface area contributed by atoms with Crippen molar-refractivity contribution in [3.8, 4) is 0 Å². The Bertz CT molecular complexity index is 166. The average Bonchev–Trinajstić information content (AvgIpc) is 2.56. The quantitative estimate of drug-likeness (QED) is 0.649. The highest BCUT2D eigenvalue weighted by Gasteiger charge is 2.20. The molecule has 0 bridgehead atoms. The molecule has 1 aliphatic rings. The van der Waals surface area contributed by atoms with Crippen molar-refractivity contribution in [3.05, 3.63) is 0 Å². The van der Waals surface area contributed by atoms with Gasteiger partial charge in [0.05, 0.1) is 19.6 Å². The van der Waals surface area contributed by atoms with Gasteiger partial charge in [-0.15, -0.1) is 0 Å². The van der Waals surface area contributed by atoms with Crippen molar-refractivity contribution in [3.63, 3.8) is 0 Å². The lowest BCUT2D eigenvalue weighted by Crippen LogP contribution is -2.26. The number of ether oxygens (including phenoxy) is 2. The van der Waals surface area contributed by atoms with Crippen LogP contribution >= 0.6 is 0 Å². The summed E-state index contributed by atoms with van der Waals surface area (Å²) >= 11 is 0. The van der Waals surface area contributed by atoms with Gasteiger partial charge in [-0.25, -0.2) is 0 Å². The van der Waals surface area contributed by atoms with Crippen molar-refractivity contribution in [1.29, 1.82) is 0 Å². The normalized spacial score (nSPS) is 24.3. The fraction of sp³-hybridized carbons (Fsp3) is 0.889. The van der Waals surface area contributed by atoms with Crippen LogP contribution < -0.4 is 5.73 Å². The minimum Gasteiger partial charge on any atom is -0.460 e. The van der Waals surface area contributed by atoms with E-state index in [4.69, 9.17) is 15.2 Å². The lowest BCUT2D eigenvalue weighted by atomic mass is 10.2. The molecule has 1 heterocycles. The Balaban J connectivity index is 2.16. The molecule has 4 heteroatoms. The summed E-state index contributed by atoms with van der Waals surface area (Å²) < 4.78 is 10.2. The van der Waals surface area contributed by atoms with Crippen molar-refractivity contribution < 1.29 is 14.3 Å². The average molecular weight is 187 g/mol. The number of hydrogen-bond acceptors (Lipinski definition) is 4. The number of esters is 1. The van der Waals surface area contributed by atoms with Gasteiger partial charge in [0, 0.05) is 12.5 Å². The van der Waals surface area contributed by atoms with E-state index < -0.39 is 0 Å². The van der Waals surface area contributed by atoms with E-state index in [2.05, 4.69) is 0 Å². The largest absolute Gasteiger partial charge is 0.460 e. The standard InChI is InChI=1S/C9H17NO3/c1-2-7(10)5-9(11)13-8-3-4-12-6-8/h7-8H,2-6,10H2,1H3. The van der Waals surface area contributed by atoms with Gasteiger partial charge in [0.25, 0.3) is 0 Å². The summed E-state index contributed by atoms with van der Waals surface area (Å²) in [6.07, 6.45) is 1.88. The highest BCUT2D eigenvalue weighted by molar-refractivity contribution is 5.70. The highest BCUT2D eigenvalue weighted by Crippen LogP contribution is 2.09. The molecule has 4 nitrogen and oxygen atoms in total. The van der Waals surface area contributed by atoms with Crippen molar-refractivity contribution in [1.82, 2.24) is 0 Å². The van der Waals surface area contributed by atoms with Crippen LogP contribution in [0.2, 0.25) is 0 Å². The summed E-state index contributed by atoms with van der Waals surface area (Å²) in [7, 11) is 0. The van der Waals surface area contributed by atoms with Crippen molar-refractivity contribution in [2.75, 3.05) is 13.2 Å². The summed E-state index contributed by atoms with van der Waals surface area (Å²) in [4.78, 5) is 11.2. The van der Waals surface area contributed by atoms with Gasteiger partial charge in [-0.1, -0.05) is 6.92 Å². The zero-order valence-electron chi connectivity index (χ0n) is 7.99. The van der Waals surface area contributed by atoms with E-state index in [1.54, 1.807) is 0 Å². The number of hydrogen-bond donors (Lipinski definition) is 1. The Labute approximate surface area is 78.4 Å². The van der Waals surface area contributed by atoms with Crippen LogP contribution in [0.5, 0.6) is 0 Å². The Kier molecular flexibility index (Phi) is 4.18.